The number of amides is 1. The molecule has 1 N–H and O–H groups in total. The SMILES string of the molecule is CC(=O)N1c2ccccc2C2Cc3c(cc(C)c(O)c3C)C21. The molecule has 2 aromatic carbocycles. The van der Waals surface area contributed by atoms with Crippen molar-refractivity contribution >= 4 is 11.6 Å². The van der Waals surface area contributed by atoms with Gasteiger partial charge in [0.25, 0.3) is 0 Å². The van der Waals surface area contributed by atoms with E-state index in [1.54, 1.807) is 6.92 Å². The normalized spacial score (nSPS) is 21.5. The minimum atomic E-state index is 0.0721. The van der Waals surface area contributed by atoms with Gasteiger partial charge in [-0.1, -0.05) is 24.3 Å². The Kier molecular flexibility index (Phi) is 2.65. The molecule has 0 saturated heterocycles. The van der Waals surface area contributed by atoms with Crippen molar-refractivity contribution in [3.8, 4) is 5.75 Å². The first-order chi connectivity index (χ1) is 10.5. The predicted octanol–water partition coefficient (Wildman–Crippen LogP) is 3.76. The van der Waals surface area contributed by atoms with Crippen LogP contribution in [0.5, 0.6) is 5.75 Å². The number of phenols is 1. The first-order valence-electron chi connectivity index (χ1n) is 7.71. The van der Waals surface area contributed by atoms with Crippen LogP contribution in [0.15, 0.2) is 30.3 Å². The second-order valence-electron chi connectivity index (χ2n) is 6.44. The minimum Gasteiger partial charge on any atom is -0.507 e. The third-order valence-corrected chi connectivity index (χ3v) is 5.24. The van der Waals surface area contributed by atoms with Crippen LogP contribution in [0.25, 0.3) is 0 Å². The van der Waals surface area contributed by atoms with E-state index in [1.807, 2.05) is 36.9 Å². The van der Waals surface area contributed by atoms with Crippen LogP contribution in [0.2, 0.25) is 0 Å². The van der Waals surface area contributed by atoms with Crippen molar-refractivity contribution in [3.63, 3.8) is 0 Å². The number of fused-ring (bicyclic) bond motifs is 5. The van der Waals surface area contributed by atoms with Gasteiger partial charge >= 0.3 is 0 Å². The number of aromatic hydroxyl groups is 1. The van der Waals surface area contributed by atoms with Gasteiger partial charge in [0, 0.05) is 18.5 Å². The number of rotatable bonds is 0. The molecule has 0 aromatic heterocycles. The summed E-state index contributed by atoms with van der Waals surface area (Å²) in [5.41, 5.74) is 6.54. The maximum absolute atomic E-state index is 12.3. The van der Waals surface area contributed by atoms with Crippen molar-refractivity contribution in [1.82, 2.24) is 0 Å². The topological polar surface area (TPSA) is 40.5 Å². The number of anilines is 1. The zero-order valence-electron chi connectivity index (χ0n) is 13.1. The van der Waals surface area contributed by atoms with Gasteiger partial charge in [-0.3, -0.25) is 4.79 Å². The molecule has 4 rings (SSSR count). The van der Waals surface area contributed by atoms with Crippen LogP contribution in [0.3, 0.4) is 0 Å². The van der Waals surface area contributed by atoms with E-state index in [0.717, 1.165) is 23.2 Å². The van der Waals surface area contributed by atoms with Gasteiger partial charge in [0.05, 0.1) is 6.04 Å². The summed E-state index contributed by atoms with van der Waals surface area (Å²) in [7, 11) is 0. The number of carbonyl (C=O) groups excluding carboxylic acids is 1. The van der Waals surface area contributed by atoms with Crippen LogP contribution in [0, 0.1) is 13.8 Å². The van der Waals surface area contributed by atoms with Gasteiger partial charge in [-0.15, -0.1) is 0 Å². The Morgan fingerprint density at radius 1 is 1.23 bits per heavy atom. The van der Waals surface area contributed by atoms with Gasteiger partial charge in [0.1, 0.15) is 5.75 Å². The Morgan fingerprint density at radius 2 is 1.95 bits per heavy atom. The third-order valence-electron chi connectivity index (χ3n) is 5.24. The average Bonchev–Trinajstić information content (AvgIpc) is 3.00. The van der Waals surface area contributed by atoms with Gasteiger partial charge in [-0.05, 0) is 54.2 Å². The van der Waals surface area contributed by atoms with Gasteiger partial charge in [-0.2, -0.15) is 0 Å². The molecular formula is C19H19NO2. The molecule has 2 aromatic rings. The van der Waals surface area contributed by atoms with E-state index in [4.69, 9.17) is 0 Å². The fourth-order valence-electron chi connectivity index (χ4n) is 4.26. The van der Waals surface area contributed by atoms with E-state index in [1.165, 1.54) is 16.7 Å². The summed E-state index contributed by atoms with van der Waals surface area (Å²) in [6.07, 6.45) is 0.889. The highest BCUT2D eigenvalue weighted by Crippen LogP contribution is 2.56. The maximum atomic E-state index is 12.3. The highest BCUT2D eigenvalue weighted by Gasteiger charge is 2.46. The quantitative estimate of drug-likeness (QED) is 0.803. The van der Waals surface area contributed by atoms with Gasteiger partial charge in [-0.25, -0.2) is 0 Å². The number of nitrogens with zero attached hydrogens (tertiary/aromatic N) is 1. The van der Waals surface area contributed by atoms with Crippen molar-refractivity contribution in [2.75, 3.05) is 4.90 Å². The van der Waals surface area contributed by atoms with Gasteiger partial charge < -0.3 is 10.0 Å². The number of hydrogen-bond acceptors (Lipinski definition) is 2. The largest absolute Gasteiger partial charge is 0.507 e. The number of aryl methyl sites for hydroxylation is 1. The summed E-state index contributed by atoms with van der Waals surface area (Å²) in [6.45, 7) is 5.54. The first-order valence-corrected chi connectivity index (χ1v) is 7.71. The Balaban J connectivity index is 1.96. The molecule has 0 fully saturated rings. The van der Waals surface area contributed by atoms with Crippen molar-refractivity contribution in [2.24, 2.45) is 0 Å². The molecule has 0 bridgehead atoms. The molecule has 0 spiro atoms. The van der Waals surface area contributed by atoms with Gasteiger partial charge in [0.2, 0.25) is 5.91 Å². The molecule has 2 atom stereocenters. The highest BCUT2D eigenvalue weighted by molar-refractivity contribution is 5.96. The van der Waals surface area contributed by atoms with E-state index in [2.05, 4.69) is 12.1 Å². The molecule has 22 heavy (non-hydrogen) atoms. The molecule has 2 aliphatic rings. The lowest BCUT2D eigenvalue weighted by atomic mass is 9.96. The summed E-state index contributed by atoms with van der Waals surface area (Å²) >= 11 is 0. The molecule has 2 unspecified atom stereocenters. The van der Waals surface area contributed by atoms with E-state index in [9.17, 15) is 9.90 Å². The summed E-state index contributed by atoms with van der Waals surface area (Å²) in [5.74, 6) is 0.771. The Hall–Kier alpha value is -2.29. The van der Waals surface area contributed by atoms with E-state index in [-0.39, 0.29) is 11.9 Å². The standard InChI is InChI=1S/C19H19NO2/c1-10-8-15-14(11(2)19(10)22)9-16-13-6-4-5-7-17(13)20(12(3)21)18(15)16/h4-8,16,18,22H,9H2,1-3H3. The zero-order valence-corrected chi connectivity index (χ0v) is 13.1. The zero-order chi connectivity index (χ0) is 15.6. The van der Waals surface area contributed by atoms with Crippen LogP contribution >= 0.6 is 0 Å². The molecule has 3 nitrogen and oxygen atoms in total. The van der Waals surface area contributed by atoms with Crippen LogP contribution in [-0.4, -0.2) is 11.0 Å². The molecule has 3 heteroatoms. The lowest BCUT2D eigenvalue weighted by molar-refractivity contribution is -0.117. The molecule has 1 aliphatic carbocycles. The van der Waals surface area contributed by atoms with Crippen LogP contribution in [0.1, 0.15) is 46.7 Å². The second kappa shape index (κ2) is 4.35. The van der Waals surface area contributed by atoms with E-state index < -0.39 is 0 Å². The van der Waals surface area contributed by atoms with Gasteiger partial charge in [0.15, 0.2) is 0 Å². The molecule has 0 saturated carbocycles. The van der Waals surface area contributed by atoms with E-state index in [0.29, 0.717) is 11.7 Å². The Labute approximate surface area is 130 Å². The van der Waals surface area contributed by atoms with Crippen LogP contribution in [-0.2, 0) is 11.2 Å². The highest BCUT2D eigenvalue weighted by atomic mass is 16.3. The summed E-state index contributed by atoms with van der Waals surface area (Å²) < 4.78 is 0. The summed E-state index contributed by atoms with van der Waals surface area (Å²) in [6, 6.07) is 10.3. The van der Waals surface area contributed by atoms with Crippen molar-refractivity contribution in [2.45, 2.75) is 39.2 Å². The molecular weight excluding hydrogens is 274 g/mol. The Morgan fingerprint density at radius 3 is 2.68 bits per heavy atom. The van der Waals surface area contributed by atoms with Crippen molar-refractivity contribution in [3.05, 3.63) is 58.1 Å². The molecule has 1 aliphatic heterocycles. The second-order valence-corrected chi connectivity index (χ2v) is 6.44. The molecule has 1 heterocycles. The smallest absolute Gasteiger partial charge is 0.224 e. The average molecular weight is 293 g/mol. The maximum Gasteiger partial charge on any atom is 0.224 e. The number of benzene rings is 2. The van der Waals surface area contributed by atoms with Crippen LogP contribution < -0.4 is 4.90 Å². The fraction of sp³-hybridized carbons (Fsp3) is 0.316. The van der Waals surface area contributed by atoms with Crippen LogP contribution in [0.4, 0.5) is 5.69 Å². The van der Waals surface area contributed by atoms with Crippen molar-refractivity contribution < 1.29 is 9.90 Å². The predicted molar refractivity (Wildman–Crippen MR) is 86.4 cm³/mol. The lowest BCUT2D eigenvalue weighted by Crippen LogP contribution is -2.29. The molecule has 0 radical (unpaired) electrons. The fourth-order valence-corrected chi connectivity index (χ4v) is 4.26. The van der Waals surface area contributed by atoms with Crippen molar-refractivity contribution in [1.29, 1.82) is 0 Å². The number of carbonyl (C=O) groups is 1. The molecule has 1 amide bonds. The number of para-hydroxylation sites is 1. The first kappa shape index (κ1) is 13.4. The molecule has 112 valence electrons. The summed E-state index contributed by atoms with van der Waals surface area (Å²) in [5, 5.41) is 10.2. The summed E-state index contributed by atoms with van der Waals surface area (Å²) in [4.78, 5) is 14.2. The monoisotopic (exact) mass is 293 g/mol. The minimum absolute atomic E-state index is 0.0721. The number of phenolic OH excluding ortho intramolecular Hbond substituents is 1. The third kappa shape index (κ3) is 1.54. The lowest BCUT2D eigenvalue weighted by Gasteiger charge is -2.25. The Bertz CT molecular complexity index is 809. The van der Waals surface area contributed by atoms with E-state index >= 15 is 0 Å². The number of hydrogen-bond donors (Lipinski definition) is 1.